The van der Waals surface area contributed by atoms with Gasteiger partial charge in [0.05, 0.1) is 0 Å². The zero-order chi connectivity index (χ0) is 12.5. The van der Waals surface area contributed by atoms with Crippen molar-refractivity contribution in [2.75, 3.05) is 13.6 Å². The van der Waals surface area contributed by atoms with Gasteiger partial charge in [0.15, 0.2) is 0 Å². The minimum Gasteiger partial charge on any atom is -0.330 e. The maximum absolute atomic E-state index is 6.02. The molecular formula is C14H21BrN2. The molecule has 0 radical (unpaired) electrons. The van der Waals surface area contributed by atoms with E-state index in [2.05, 4.69) is 46.4 Å². The lowest BCUT2D eigenvalue weighted by Gasteiger charge is -2.47. The third kappa shape index (κ3) is 2.28. The maximum Gasteiger partial charge on any atom is 0.0389 e. The summed E-state index contributed by atoms with van der Waals surface area (Å²) in [7, 11) is 2.04. The molecule has 17 heavy (non-hydrogen) atoms. The van der Waals surface area contributed by atoms with E-state index in [0.29, 0.717) is 6.04 Å². The normalized spacial score (nSPS) is 19.8. The molecule has 2 rings (SSSR count). The maximum atomic E-state index is 6.02. The van der Waals surface area contributed by atoms with Gasteiger partial charge in [0.1, 0.15) is 0 Å². The summed E-state index contributed by atoms with van der Waals surface area (Å²) in [5.74, 6) is 0. The molecule has 1 aromatic rings. The van der Waals surface area contributed by atoms with Gasteiger partial charge >= 0.3 is 0 Å². The van der Waals surface area contributed by atoms with Gasteiger partial charge in [-0.3, -0.25) is 0 Å². The SMILES string of the molecule is CNC(c1cc(Br)ccc1C)C1(CN)CCC1. The van der Waals surface area contributed by atoms with Crippen molar-refractivity contribution >= 4 is 15.9 Å². The predicted octanol–water partition coefficient (Wildman–Crippen LogP) is 3.15. The molecule has 2 nitrogen and oxygen atoms in total. The van der Waals surface area contributed by atoms with Gasteiger partial charge in [-0.15, -0.1) is 0 Å². The number of hydrogen-bond acceptors (Lipinski definition) is 2. The number of benzene rings is 1. The lowest BCUT2D eigenvalue weighted by molar-refractivity contribution is 0.0876. The van der Waals surface area contributed by atoms with Gasteiger partial charge in [-0.25, -0.2) is 0 Å². The van der Waals surface area contributed by atoms with Crippen LogP contribution in [0, 0.1) is 12.3 Å². The summed E-state index contributed by atoms with van der Waals surface area (Å²) in [6.45, 7) is 2.94. The van der Waals surface area contributed by atoms with Gasteiger partial charge in [-0.1, -0.05) is 28.4 Å². The van der Waals surface area contributed by atoms with E-state index in [1.807, 2.05) is 7.05 Å². The lowest BCUT2D eigenvalue weighted by Crippen LogP contribution is -2.47. The third-order valence-corrected chi connectivity index (χ3v) is 4.70. The Morgan fingerprint density at radius 3 is 2.65 bits per heavy atom. The van der Waals surface area contributed by atoms with Crippen molar-refractivity contribution in [1.82, 2.24) is 5.32 Å². The van der Waals surface area contributed by atoms with Crippen LogP contribution in [0.2, 0.25) is 0 Å². The van der Waals surface area contributed by atoms with Crippen LogP contribution < -0.4 is 11.1 Å². The van der Waals surface area contributed by atoms with E-state index in [9.17, 15) is 0 Å². The highest BCUT2D eigenvalue weighted by Gasteiger charge is 2.43. The topological polar surface area (TPSA) is 38.0 Å². The monoisotopic (exact) mass is 296 g/mol. The van der Waals surface area contributed by atoms with Crippen LogP contribution in [-0.2, 0) is 0 Å². The molecule has 1 atom stereocenters. The first-order chi connectivity index (χ1) is 8.13. The molecular weight excluding hydrogens is 276 g/mol. The molecule has 3 heteroatoms. The van der Waals surface area contributed by atoms with Crippen LogP contribution in [0.25, 0.3) is 0 Å². The average molecular weight is 297 g/mol. The Morgan fingerprint density at radius 1 is 1.47 bits per heavy atom. The molecule has 3 N–H and O–H groups in total. The number of hydrogen-bond donors (Lipinski definition) is 2. The molecule has 1 saturated carbocycles. The number of halogens is 1. The lowest BCUT2D eigenvalue weighted by atomic mass is 9.62. The number of rotatable bonds is 4. The van der Waals surface area contributed by atoms with E-state index in [0.717, 1.165) is 11.0 Å². The molecule has 0 spiro atoms. The Labute approximate surface area is 112 Å². The van der Waals surface area contributed by atoms with Crippen molar-refractivity contribution in [3.8, 4) is 0 Å². The summed E-state index contributed by atoms with van der Waals surface area (Å²) in [6.07, 6.45) is 3.78. The molecule has 1 aromatic carbocycles. The fourth-order valence-electron chi connectivity index (χ4n) is 2.96. The first kappa shape index (κ1) is 13.1. The first-order valence-electron chi connectivity index (χ1n) is 6.26. The zero-order valence-electron chi connectivity index (χ0n) is 10.6. The van der Waals surface area contributed by atoms with Crippen molar-refractivity contribution in [3.63, 3.8) is 0 Å². The van der Waals surface area contributed by atoms with Gasteiger partial charge in [0.25, 0.3) is 0 Å². The molecule has 0 aliphatic heterocycles. The van der Waals surface area contributed by atoms with Crippen molar-refractivity contribution in [3.05, 3.63) is 33.8 Å². The molecule has 1 aliphatic rings. The van der Waals surface area contributed by atoms with Gasteiger partial charge in [-0.05, 0) is 56.6 Å². The average Bonchev–Trinajstić information content (AvgIpc) is 2.27. The summed E-state index contributed by atoms with van der Waals surface area (Å²) in [5, 5.41) is 3.48. The van der Waals surface area contributed by atoms with Crippen LogP contribution in [0.15, 0.2) is 22.7 Å². The van der Waals surface area contributed by atoms with Crippen molar-refractivity contribution in [2.45, 2.75) is 32.2 Å². The van der Waals surface area contributed by atoms with Gasteiger partial charge < -0.3 is 11.1 Å². The van der Waals surface area contributed by atoms with E-state index in [1.54, 1.807) is 0 Å². The van der Waals surface area contributed by atoms with Gasteiger partial charge in [0.2, 0.25) is 0 Å². The molecule has 0 heterocycles. The molecule has 1 fully saturated rings. The fraction of sp³-hybridized carbons (Fsp3) is 0.571. The highest BCUT2D eigenvalue weighted by Crippen LogP contribution is 2.50. The fourth-order valence-corrected chi connectivity index (χ4v) is 3.33. The van der Waals surface area contributed by atoms with E-state index in [1.165, 1.54) is 30.4 Å². The standard InChI is InChI=1S/C14H21BrN2/c1-10-4-5-11(15)8-12(10)13(17-2)14(9-16)6-3-7-14/h4-5,8,13,17H,3,6-7,9,16H2,1-2H3. The minimum absolute atomic E-state index is 0.264. The zero-order valence-corrected chi connectivity index (χ0v) is 12.2. The van der Waals surface area contributed by atoms with Crippen LogP contribution in [0.3, 0.4) is 0 Å². The van der Waals surface area contributed by atoms with E-state index in [4.69, 9.17) is 5.73 Å². The van der Waals surface area contributed by atoms with Crippen molar-refractivity contribution < 1.29 is 0 Å². The molecule has 1 unspecified atom stereocenters. The summed E-state index contributed by atoms with van der Waals surface area (Å²) in [4.78, 5) is 0. The minimum atomic E-state index is 0.264. The second-order valence-electron chi connectivity index (χ2n) is 5.14. The third-order valence-electron chi connectivity index (χ3n) is 4.21. The van der Waals surface area contributed by atoms with Crippen LogP contribution in [0.1, 0.15) is 36.4 Å². The van der Waals surface area contributed by atoms with Crippen LogP contribution in [0.4, 0.5) is 0 Å². The molecule has 1 aliphatic carbocycles. The van der Waals surface area contributed by atoms with Crippen molar-refractivity contribution in [1.29, 1.82) is 0 Å². The summed E-state index contributed by atoms with van der Waals surface area (Å²) in [6, 6.07) is 6.87. The smallest absolute Gasteiger partial charge is 0.0389 e. The van der Waals surface area contributed by atoms with Crippen LogP contribution >= 0.6 is 15.9 Å². The summed E-state index contributed by atoms with van der Waals surface area (Å²) < 4.78 is 1.14. The molecule has 0 bridgehead atoms. The Kier molecular flexibility index (Phi) is 3.91. The Hall–Kier alpha value is -0.380. The van der Waals surface area contributed by atoms with E-state index in [-0.39, 0.29) is 5.41 Å². The Bertz CT molecular complexity index is 394. The summed E-state index contributed by atoms with van der Waals surface area (Å²) in [5.41, 5.74) is 9.00. The molecule has 0 amide bonds. The molecule has 94 valence electrons. The largest absolute Gasteiger partial charge is 0.330 e. The number of nitrogens with one attached hydrogen (secondary N) is 1. The Morgan fingerprint density at radius 2 is 2.18 bits per heavy atom. The van der Waals surface area contributed by atoms with Crippen LogP contribution in [0.5, 0.6) is 0 Å². The van der Waals surface area contributed by atoms with E-state index < -0.39 is 0 Å². The summed E-state index contributed by atoms with van der Waals surface area (Å²) >= 11 is 3.56. The quantitative estimate of drug-likeness (QED) is 0.896. The highest BCUT2D eigenvalue weighted by atomic mass is 79.9. The van der Waals surface area contributed by atoms with Crippen LogP contribution in [-0.4, -0.2) is 13.6 Å². The van der Waals surface area contributed by atoms with E-state index >= 15 is 0 Å². The van der Waals surface area contributed by atoms with Crippen molar-refractivity contribution in [2.24, 2.45) is 11.1 Å². The predicted molar refractivity (Wildman–Crippen MR) is 76.0 cm³/mol. The Balaban J connectivity index is 2.37. The number of nitrogens with two attached hydrogens (primary N) is 1. The molecule has 0 aromatic heterocycles. The molecule has 0 saturated heterocycles. The second-order valence-corrected chi connectivity index (χ2v) is 6.06. The first-order valence-corrected chi connectivity index (χ1v) is 7.05. The van der Waals surface area contributed by atoms with Gasteiger partial charge in [0, 0.05) is 15.9 Å². The highest BCUT2D eigenvalue weighted by molar-refractivity contribution is 9.10. The number of aryl methyl sites for hydroxylation is 1. The van der Waals surface area contributed by atoms with Gasteiger partial charge in [-0.2, -0.15) is 0 Å². The second kappa shape index (κ2) is 5.09.